The molecule has 0 aliphatic rings. The van der Waals surface area contributed by atoms with Crippen LogP contribution in [-0.4, -0.2) is 16.5 Å². The summed E-state index contributed by atoms with van der Waals surface area (Å²) in [7, 11) is 0. The number of hydrogen-bond acceptors (Lipinski definition) is 4. The summed E-state index contributed by atoms with van der Waals surface area (Å²) in [5.74, 6) is 0.217. The van der Waals surface area contributed by atoms with Gasteiger partial charge in [-0.2, -0.15) is 0 Å². The number of carbonyl (C=O) groups is 1. The standard InChI is InChI=1S/C12H10FNOS2/c13-9-2-1-3-11(4-9)16-7-10(15)5-12-6-14-8-17-12/h1-4,6,8H,5,7H2. The Labute approximate surface area is 107 Å². The average molecular weight is 267 g/mol. The summed E-state index contributed by atoms with van der Waals surface area (Å²) in [6, 6.07) is 6.27. The van der Waals surface area contributed by atoms with Gasteiger partial charge in [0.15, 0.2) is 0 Å². The van der Waals surface area contributed by atoms with Crippen molar-refractivity contribution in [3.8, 4) is 0 Å². The molecule has 1 heterocycles. The minimum atomic E-state index is -0.273. The van der Waals surface area contributed by atoms with Gasteiger partial charge >= 0.3 is 0 Å². The first-order valence-corrected chi connectivity index (χ1v) is 6.88. The van der Waals surface area contributed by atoms with E-state index < -0.39 is 0 Å². The molecule has 0 aliphatic heterocycles. The van der Waals surface area contributed by atoms with Crippen LogP contribution in [0.3, 0.4) is 0 Å². The molecule has 0 radical (unpaired) electrons. The molecule has 5 heteroatoms. The van der Waals surface area contributed by atoms with Gasteiger partial charge in [-0.3, -0.25) is 9.78 Å². The van der Waals surface area contributed by atoms with Gasteiger partial charge in [-0.25, -0.2) is 4.39 Å². The molecule has 88 valence electrons. The number of rotatable bonds is 5. The van der Waals surface area contributed by atoms with Crippen molar-refractivity contribution in [1.82, 2.24) is 4.98 Å². The zero-order valence-corrected chi connectivity index (χ0v) is 10.6. The molecule has 2 nitrogen and oxygen atoms in total. The number of carbonyl (C=O) groups excluding carboxylic acids is 1. The Hall–Kier alpha value is -1.20. The van der Waals surface area contributed by atoms with Crippen molar-refractivity contribution in [2.45, 2.75) is 11.3 Å². The molecule has 0 unspecified atom stereocenters. The Morgan fingerprint density at radius 1 is 1.47 bits per heavy atom. The largest absolute Gasteiger partial charge is 0.298 e. The van der Waals surface area contributed by atoms with Gasteiger partial charge in [-0.15, -0.1) is 23.1 Å². The van der Waals surface area contributed by atoms with E-state index in [9.17, 15) is 9.18 Å². The molecule has 1 aromatic heterocycles. The van der Waals surface area contributed by atoms with Crippen LogP contribution in [0.4, 0.5) is 4.39 Å². The van der Waals surface area contributed by atoms with Gasteiger partial charge in [-0.05, 0) is 18.2 Å². The Bertz CT molecular complexity index is 499. The predicted octanol–water partition coefficient (Wildman–Crippen LogP) is 3.19. The van der Waals surface area contributed by atoms with Crippen LogP contribution in [0.15, 0.2) is 40.9 Å². The summed E-state index contributed by atoms with van der Waals surface area (Å²) in [4.78, 5) is 17.3. The Balaban J connectivity index is 1.84. The number of ketones is 1. The van der Waals surface area contributed by atoms with Crippen molar-refractivity contribution in [3.63, 3.8) is 0 Å². The number of aromatic nitrogens is 1. The van der Waals surface area contributed by atoms with Gasteiger partial charge in [-0.1, -0.05) is 6.07 Å². The van der Waals surface area contributed by atoms with Crippen LogP contribution >= 0.6 is 23.1 Å². The second kappa shape index (κ2) is 5.93. The van der Waals surface area contributed by atoms with Gasteiger partial charge < -0.3 is 0 Å². The van der Waals surface area contributed by atoms with Crippen molar-refractivity contribution < 1.29 is 9.18 Å². The maximum Gasteiger partial charge on any atom is 0.148 e. The molecular weight excluding hydrogens is 257 g/mol. The zero-order chi connectivity index (χ0) is 12.1. The van der Waals surface area contributed by atoms with E-state index in [0.29, 0.717) is 12.2 Å². The highest BCUT2D eigenvalue weighted by Gasteiger charge is 2.06. The average Bonchev–Trinajstić information content (AvgIpc) is 2.79. The third-order valence-electron chi connectivity index (χ3n) is 2.05. The van der Waals surface area contributed by atoms with E-state index in [2.05, 4.69) is 4.98 Å². The van der Waals surface area contributed by atoms with E-state index in [1.807, 2.05) is 0 Å². The van der Waals surface area contributed by atoms with E-state index in [1.165, 1.54) is 35.2 Å². The molecule has 0 bridgehead atoms. The third kappa shape index (κ3) is 3.94. The van der Waals surface area contributed by atoms with E-state index in [1.54, 1.807) is 23.8 Å². The van der Waals surface area contributed by atoms with Crippen molar-refractivity contribution in [3.05, 3.63) is 46.7 Å². The molecule has 1 aromatic carbocycles. The third-order valence-corrected chi connectivity index (χ3v) is 3.88. The van der Waals surface area contributed by atoms with Crippen molar-refractivity contribution in [1.29, 1.82) is 0 Å². The van der Waals surface area contributed by atoms with E-state index >= 15 is 0 Å². The normalized spacial score (nSPS) is 10.4. The highest BCUT2D eigenvalue weighted by atomic mass is 32.2. The van der Waals surface area contributed by atoms with Crippen LogP contribution in [0.5, 0.6) is 0 Å². The lowest BCUT2D eigenvalue weighted by molar-refractivity contribution is -0.115. The van der Waals surface area contributed by atoms with E-state index in [4.69, 9.17) is 0 Å². The molecule has 17 heavy (non-hydrogen) atoms. The summed E-state index contributed by atoms with van der Waals surface area (Å²) in [5.41, 5.74) is 1.71. The second-order valence-electron chi connectivity index (χ2n) is 3.43. The minimum absolute atomic E-state index is 0.128. The SMILES string of the molecule is O=C(CSc1cccc(F)c1)Cc1cncs1. The van der Waals surface area contributed by atoms with Crippen LogP contribution in [0.2, 0.25) is 0 Å². The summed E-state index contributed by atoms with van der Waals surface area (Å²) in [6.07, 6.45) is 2.11. The number of hydrogen-bond donors (Lipinski definition) is 0. The molecule has 0 fully saturated rings. The molecule has 0 spiro atoms. The fourth-order valence-corrected chi connectivity index (χ4v) is 2.72. The number of nitrogens with zero attached hydrogens (tertiary/aromatic N) is 1. The lowest BCUT2D eigenvalue weighted by atomic mass is 10.3. The molecule has 2 rings (SSSR count). The first kappa shape index (κ1) is 12.3. The fraction of sp³-hybridized carbons (Fsp3) is 0.167. The second-order valence-corrected chi connectivity index (χ2v) is 5.45. The zero-order valence-electron chi connectivity index (χ0n) is 8.93. The highest BCUT2D eigenvalue weighted by Crippen LogP contribution is 2.19. The Morgan fingerprint density at radius 3 is 3.06 bits per heavy atom. The Kier molecular flexibility index (Phi) is 4.28. The van der Waals surface area contributed by atoms with Crippen LogP contribution < -0.4 is 0 Å². The maximum absolute atomic E-state index is 12.9. The topological polar surface area (TPSA) is 30.0 Å². The van der Waals surface area contributed by atoms with Crippen molar-refractivity contribution in [2.24, 2.45) is 0 Å². The lowest BCUT2D eigenvalue weighted by Gasteiger charge is -2.00. The summed E-state index contributed by atoms with van der Waals surface area (Å²) in [6.45, 7) is 0. The first-order chi connectivity index (χ1) is 8.24. The fourth-order valence-electron chi connectivity index (χ4n) is 1.30. The summed E-state index contributed by atoms with van der Waals surface area (Å²) in [5, 5.41) is 0. The summed E-state index contributed by atoms with van der Waals surface area (Å²) < 4.78 is 12.9. The van der Waals surface area contributed by atoms with Gasteiger partial charge in [0, 0.05) is 22.4 Å². The van der Waals surface area contributed by atoms with Crippen LogP contribution in [0, 0.1) is 5.82 Å². The highest BCUT2D eigenvalue weighted by molar-refractivity contribution is 8.00. The first-order valence-electron chi connectivity index (χ1n) is 5.01. The number of Topliss-reactive ketones (excluding diaryl/α,β-unsaturated/α-hetero) is 1. The minimum Gasteiger partial charge on any atom is -0.298 e. The number of thioether (sulfide) groups is 1. The van der Waals surface area contributed by atoms with Gasteiger partial charge in [0.25, 0.3) is 0 Å². The molecular formula is C12H10FNOS2. The number of thiazole rings is 1. The predicted molar refractivity (Wildman–Crippen MR) is 67.9 cm³/mol. The molecule has 0 aliphatic carbocycles. The van der Waals surface area contributed by atoms with E-state index in [0.717, 1.165) is 9.77 Å². The van der Waals surface area contributed by atoms with Gasteiger partial charge in [0.05, 0.1) is 11.3 Å². The number of benzene rings is 1. The quantitative estimate of drug-likeness (QED) is 0.779. The molecule has 2 aromatic rings. The smallest absolute Gasteiger partial charge is 0.148 e. The van der Waals surface area contributed by atoms with Gasteiger partial charge in [0.1, 0.15) is 11.6 Å². The van der Waals surface area contributed by atoms with Gasteiger partial charge in [0.2, 0.25) is 0 Å². The molecule has 0 amide bonds. The molecule has 0 N–H and O–H groups in total. The van der Waals surface area contributed by atoms with Crippen LogP contribution in [0.25, 0.3) is 0 Å². The van der Waals surface area contributed by atoms with Crippen molar-refractivity contribution in [2.75, 3.05) is 5.75 Å². The molecule has 0 saturated heterocycles. The molecule has 0 saturated carbocycles. The monoisotopic (exact) mass is 267 g/mol. The summed E-state index contributed by atoms with van der Waals surface area (Å²) >= 11 is 2.83. The Morgan fingerprint density at radius 2 is 2.35 bits per heavy atom. The van der Waals surface area contributed by atoms with Crippen LogP contribution in [0.1, 0.15) is 4.88 Å². The lowest BCUT2D eigenvalue weighted by Crippen LogP contribution is -2.04. The van der Waals surface area contributed by atoms with Crippen LogP contribution in [-0.2, 0) is 11.2 Å². The molecule has 0 atom stereocenters. The van der Waals surface area contributed by atoms with E-state index in [-0.39, 0.29) is 11.6 Å². The van der Waals surface area contributed by atoms with Crippen molar-refractivity contribution >= 4 is 28.9 Å². The number of halogens is 1. The maximum atomic E-state index is 12.9.